The third-order valence-corrected chi connectivity index (χ3v) is 5.58. The quantitative estimate of drug-likeness (QED) is 0.636. The third-order valence-electron chi connectivity index (χ3n) is 5.58. The molecule has 1 saturated heterocycles. The summed E-state index contributed by atoms with van der Waals surface area (Å²) in [6.45, 7) is 2.60. The molecule has 0 unspecified atom stereocenters. The molecule has 3 aromatic rings. The summed E-state index contributed by atoms with van der Waals surface area (Å²) in [5, 5.41) is 9.02. The number of hydrogen-bond donors (Lipinski definition) is 1. The molecular weight excluding hydrogens is 366 g/mol. The van der Waals surface area contributed by atoms with Crippen molar-refractivity contribution in [2.24, 2.45) is 13.0 Å². The first kappa shape index (κ1) is 19.5. The van der Waals surface area contributed by atoms with Gasteiger partial charge in [-0.05, 0) is 11.6 Å². The number of fused-ring (bicyclic) bond motifs is 1. The van der Waals surface area contributed by atoms with Crippen molar-refractivity contribution in [3.8, 4) is 0 Å². The van der Waals surface area contributed by atoms with E-state index in [2.05, 4.69) is 39.7 Å². The van der Waals surface area contributed by atoms with Crippen molar-refractivity contribution in [2.75, 3.05) is 26.8 Å². The number of hydrogen-bond acceptors (Lipinski definition) is 5. The summed E-state index contributed by atoms with van der Waals surface area (Å²) in [5.74, 6) is 0.362. The zero-order chi connectivity index (χ0) is 20.2. The Morgan fingerprint density at radius 2 is 2.14 bits per heavy atom. The number of methoxy groups -OCH3 is 1. The Hall–Kier alpha value is -2.77. The number of benzene rings is 1. The molecule has 29 heavy (non-hydrogen) atoms. The Morgan fingerprint density at radius 3 is 2.93 bits per heavy atom. The van der Waals surface area contributed by atoms with Gasteiger partial charge in [-0.1, -0.05) is 24.3 Å². The molecule has 0 radical (unpaired) electrons. The van der Waals surface area contributed by atoms with Gasteiger partial charge in [0.1, 0.15) is 0 Å². The molecule has 1 aliphatic rings. The molecule has 1 fully saturated rings. The minimum atomic E-state index is 0.0180. The molecule has 1 amide bonds. The van der Waals surface area contributed by atoms with Crippen LogP contribution in [0, 0.1) is 5.92 Å². The van der Waals surface area contributed by atoms with E-state index in [0.717, 1.165) is 29.6 Å². The van der Waals surface area contributed by atoms with Gasteiger partial charge in [0.05, 0.1) is 24.4 Å². The Labute approximate surface area is 170 Å². The van der Waals surface area contributed by atoms with E-state index < -0.39 is 0 Å². The minimum Gasteiger partial charge on any atom is -0.383 e. The average molecular weight is 393 g/mol. The molecule has 2 atom stereocenters. The monoisotopic (exact) mass is 393 g/mol. The number of carbonyl (C=O) groups is 1. The van der Waals surface area contributed by atoms with Crippen molar-refractivity contribution < 1.29 is 9.53 Å². The average Bonchev–Trinajstić information content (AvgIpc) is 3.29. The molecular formula is C22H27N5O2. The fraction of sp³-hybridized carbons (Fsp3) is 0.409. The molecule has 0 spiro atoms. The molecule has 3 heterocycles. The molecule has 4 rings (SSSR count). The van der Waals surface area contributed by atoms with Gasteiger partial charge < -0.3 is 15.0 Å². The van der Waals surface area contributed by atoms with Crippen LogP contribution in [0.5, 0.6) is 0 Å². The van der Waals surface area contributed by atoms with Gasteiger partial charge in [0.15, 0.2) is 0 Å². The van der Waals surface area contributed by atoms with E-state index in [-0.39, 0.29) is 17.9 Å². The first-order chi connectivity index (χ1) is 14.2. The van der Waals surface area contributed by atoms with Crippen molar-refractivity contribution in [3.05, 3.63) is 60.0 Å². The van der Waals surface area contributed by atoms with Gasteiger partial charge in [-0.25, -0.2) is 0 Å². The topological polar surface area (TPSA) is 72.3 Å². The van der Waals surface area contributed by atoms with Gasteiger partial charge in [-0.3, -0.25) is 14.5 Å². The number of para-hydroxylation sites is 1. The standard InChI is InChI=1S/C22H27N5O2/c1-26-15-19(14-25-26)22-18(11-20(28)27(22)9-10-29-2)13-23-12-17-6-3-5-16-7-4-8-24-21(16)17/h3-8,14-15,18,22-23H,9-13H2,1-2H3/t18-,22+/m0/s1. The summed E-state index contributed by atoms with van der Waals surface area (Å²) in [6.07, 6.45) is 6.23. The molecule has 0 saturated carbocycles. The lowest BCUT2D eigenvalue weighted by molar-refractivity contribution is -0.129. The second kappa shape index (κ2) is 8.71. The maximum absolute atomic E-state index is 12.7. The number of carbonyl (C=O) groups excluding carboxylic acids is 1. The summed E-state index contributed by atoms with van der Waals surface area (Å²) in [7, 11) is 3.57. The van der Waals surface area contributed by atoms with Crippen molar-refractivity contribution in [1.82, 2.24) is 25.0 Å². The predicted molar refractivity (Wildman–Crippen MR) is 111 cm³/mol. The number of nitrogens with one attached hydrogen (secondary N) is 1. The first-order valence-electron chi connectivity index (χ1n) is 9.97. The molecule has 1 aromatic carbocycles. The normalized spacial score (nSPS) is 19.4. The SMILES string of the molecule is COCCN1C(=O)C[C@@H](CNCc2cccc3cccnc23)[C@@H]1c1cnn(C)c1. The number of nitrogens with zero attached hydrogens (tertiary/aromatic N) is 4. The highest BCUT2D eigenvalue weighted by atomic mass is 16.5. The van der Waals surface area contributed by atoms with Crippen molar-refractivity contribution in [3.63, 3.8) is 0 Å². The largest absolute Gasteiger partial charge is 0.383 e. The number of aromatic nitrogens is 3. The number of likely N-dealkylation sites (tertiary alicyclic amines) is 1. The van der Waals surface area contributed by atoms with Crippen molar-refractivity contribution >= 4 is 16.8 Å². The molecule has 2 aromatic heterocycles. The van der Waals surface area contributed by atoms with Gasteiger partial charge in [-0.2, -0.15) is 5.10 Å². The summed E-state index contributed by atoms with van der Waals surface area (Å²) in [5.41, 5.74) is 3.27. The van der Waals surface area contributed by atoms with E-state index in [4.69, 9.17) is 4.74 Å². The molecule has 0 aliphatic carbocycles. The minimum absolute atomic E-state index is 0.0180. The molecule has 152 valence electrons. The smallest absolute Gasteiger partial charge is 0.223 e. The van der Waals surface area contributed by atoms with E-state index in [1.807, 2.05) is 36.6 Å². The number of ether oxygens (including phenoxy) is 1. The molecule has 7 nitrogen and oxygen atoms in total. The summed E-state index contributed by atoms with van der Waals surface area (Å²) >= 11 is 0. The van der Waals surface area contributed by atoms with Crippen LogP contribution in [0.25, 0.3) is 10.9 Å². The summed E-state index contributed by atoms with van der Waals surface area (Å²) in [4.78, 5) is 19.2. The maximum Gasteiger partial charge on any atom is 0.223 e. The zero-order valence-electron chi connectivity index (χ0n) is 16.9. The van der Waals surface area contributed by atoms with Gasteiger partial charge in [-0.15, -0.1) is 0 Å². The van der Waals surface area contributed by atoms with Crippen LogP contribution in [0.2, 0.25) is 0 Å². The lowest BCUT2D eigenvalue weighted by Gasteiger charge is -2.27. The fourth-order valence-corrected chi connectivity index (χ4v) is 4.25. The van der Waals surface area contributed by atoms with Gasteiger partial charge in [0, 0.05) is 69.5 Å². The highest BCUT2D eigenvalue weighted by Gasteiger charge is 2.40. The van der Waals surface area contributed by atoms with Crippen LogP contribution >= 0.6 is 0 Å². The Balaban J connectivity index is 1.48. The van der Waals surface area contributed by atoms with E-state index >= 15 is 0 Å². The second-order valence-corrected chi connectivity index (χ2v) is 7.56. The van der Waals surface area contributed by atoms with Gasteiger partial charge in [0.2, 0.25) is 5.91 Å². The van der Waals surface area contributed by atoms with Crippen LogP contribution < -0.4 is 5.32 Å². The fourth-order valence-electron chi connectivity index (χ4n) is 4.25. The predicted octanol–water partition coefficient (Wildman–Crippen LogP) is 2.29. The van der Waals surface area contributed by atoms with Crippen LogP contribution in [-0.4, -0.2) is 52.4 Å². The third kappa shape index (κ3) is 4.16. The highest BCUT2D eigenvalue weighted by molar-refractivity contribution is 5.81. The van der Waals surface area contributed by atoms with Crippen molar-refractivity contribution in [2.45, 2.75) is 19.0 Å². The molecule has 1 N–H and O–H groups in total. The lowest BCUT2D eigenvalue weighted by Crippen LogP contribution is -2.33. The maximum atomic E-state index is 12.7. The number of pyridine rings is 1. The molecule has 1 aliphatic heterocycles. The van der Waals surface area contributed by atoms with E-state index in [1.165, 1.54) is 5.56 Å². The zero-order valence-corrected chi connectivity index (χ0v) is 16.9. The van der Waals surface area contributed by atoms with Crippen LogP contribution in [-0.2, 0) is 23.1 Å². The Bertz CT molecular complexity index is 981. The lowest BCUT2D eigenvalue weighted by atomic mass is 9.95. The van der Waals surface area contributed by atoms with Gasteiger partial charge >= 0.3 is 0 Å². The highest BCUT2D eigenvalue weighted by Crippen LogP contribution is 2.37. The van der Waals surface area contributed by atoms with Crippen LogP contribution in [0.4, 0.5) is 0 Å². The summed E-state index contributed by atoms with van der Waals surface area (Å²) < 4.78 is 7.01. The number of aryl methyl sites for hydroxylation is 1. The molecule has 0 bridgehead atoms. The van der Waals surface area contributed by atoms with Crippen molar-refractivity contribution in [1.29, 1.82) is 0 Å². The molecule has 7 heteroatoms. The number of rotatable bonds is 8. The van der Waals surface area contributed by atoms with E-state index in [0.29, 0.717) is 19.6 Å². The van der Waals surface area contributed by atoms with Crippen LogP contribution in [0.15, 0.2) is 48.9 Å². The summed E-state index contributed by atoms with van der Waals surface area (Å²) in [6, 6.07) is 10.3. The van der Waals surface area contributed by atoms with E-state index in [1.54, 1.807) is 11.8 Å². The van der Waals surface area contributed by atoms with E-state index in [9.17, 15) is 4.79 Å². The Morgan fingerprint density at radius 1 is 1.28 bits per heavy atom. The van der Waals surface area contributed by atoms with Crippen LogP contribution in [0.1, 0.15) is 23.6 Å². The Kier molecular flexibility index (Phi) is 5.87. The van der Waals surface area contributed by atoms with Crippen LogP contribution in [0.3, 0.4) is 0 Å². The second-order valence-electron chi connectivity index (χ2n) is 7.56. The van der Waals surface area contributed by atoms with Gasteiger partial charge in [0.25, 0.3) is 0 Å². The first-order valence-corrected chi connectivity index (χ1v) is 9.97. The number of amides is 1.